The Kier molecular flexibility index (Phi) is 5.20. The van der Waals surface area contributed by atoms with Crippen LogP contribution in [0.5, 0.6) is 0 Å². The second-order valence-corrected chi connectivity index (χ2v) is 6.76. The van der Waals surface area contributed by atoms with Crippen LogP contribution < -0.4 is 0 Å². The number of hydrogen-bond acceptors (Lipinski definition) is 3. The average Bonchev–Trinajstić information content (AvgIpc) is 2.32. The van der Waals surface area contributed by atoms with E-state index in [-0.39, 0.29) is 17.5 Å². The average molecular weight is 280 g/mol. The smallest absolute Gasteiger partial charge is 0.302 e. The second-order valence-electron chi connectivity index (χ2n) is 6.76. The summed E-state index contributed by atoms with van der Waals surface area (Å²) in [5.74, 6) is 0.0693. The van der Waals surface area contributed by atoms with Crippen LogP contribution in [0.15, 0.2) is 24.3 Å². The number of allylic oxidation sites excluding steroid dienone is 1. The lowest BCUT2D eigenvalue weighted by Crippen LogP contribution is -2.43. The molecule has 1 unspecified atom stereocenters. The topological polar surface area (TPSA) is 46.5 Å². The summed E-state index contributed by atoms with van der Waals surface area (Å²) >= 11 is 0. The fourth-order valence-corrected chi connectivity index (χ4v) is 3.09. The number of rotatable bonds is 5. The molecule has 3 nitrogen and oxygen atoms in total. The lowest BCUT2D eigenvalue weighted by molar-refractivity contribution is -0.155. The molecule has 0 aromatic heterocycles. The molecule has 3 atom stereocenters. The monoisotopic (exact) mass is 280 g/mol. The van der Waals surface area contributed by atoms with Crippen molar-refractivity contribution in [1.82, 2.24) is 0 Å². The van der Waals surface area contributed by atoms with E-state index >= 15 is 0 Å². The van der Waals surface area contributed by atoms with E-state index in [1.807, 2.05) is 0 Å². The van der Waals surface area contributed by atoms with Crippen LogP contribution in [0.3, 0.4) is 0 Å². The first-order chi connectivity index (χ1) is 9.10. The van der Waals surface area contributed by atoms with Gasteiger partial charge in [-0.3, -0.25) is 4.79 Å². The Labute approximate surface area is 122 Å². The van der Waals surface area contributed by atoms with Gasteiger partial charge in [0.15, 0.2) is 0 Å². The molecule has 0 saturated heterocycles. The maximum Gasteiger partial charge on any atom is 0.302 e. The van der Waals surface area contributed by atoms with E-state index in [1.54, 1.807) is 13.0 Å². The highest BCUT2D eigenvalue weighted by Gasteiger charge is 2.42. The van der Waals surface area contributed by atoms with Crippen molar-refractivity contribution in [3.8, 4) is 0 Å². The molecule has 0 saturated carbocycles. The third-order valence-corrected chi connectivity index (χ3v) is 4.62. The fourth-order valence-electron chi connectivity index (χ4n) is 3.09. The van der Waals surface area contributed by atoms with Gasteiger partial charge in [0, 0.05) is 18.8 Å². The highest BCUT2D eigenvalue weighted by atomic mass is 16.5. The molecule has 114 valence electrons. The van der Waals surface area contributed by atoms with Gasteiger partial charge in [-0.1, -0.05) is 31.6 Å². The van der Waals surface area contributed by atoms with Crippen molar-refractivity contribution in [2.75, 3.05) is 0 Å². The molecule has 1 N–H and O–H groups in total. The van der Waals surface area contributed by atoms with Crippen LogP contribution in [0.4, 0.5) is 0 Å². The summed E-state index contributed by atoms with van der Waals surface area (Å²) in [7, 11) is 0. The van der Waals surface area contributed by atoms with Gasteiger partial charge in [-0.25, -0.2) is 0 Å². The van der Waals surface area contributed by atoms with Crippen molar-refractivity contribution < 1.29 is 14.6 Å². The molecule has 0 heterocycles. The molecular weight excluding hydrogens is 252 g/mol. The van der Waals surface area contributed by atoms with Crippen molar-refractivity contribution in [2.45, 2.75) is 65.6 Å². The van der Waals surface area contributed by atoms with Crippen molar-refractivity contribution in [3.63, 3.8) is 0 Å². The molecule has 0 aromatic rings. The predicted octanol–water partition coefficient (Wildman–Crippen LogP) is 3.63. The zero-order valence-corrected chi connectivity index (χ0v) is 13.4. The van der Waals surface area contributed by atoms with Crippen molar-refractivity contribution in [2.24, 2.45) is 11.3 Å². The van der Waals surface area contributed by atoms with Crippen LogP contribution in [-0.4, -0.2) is 22.8 Å². The van der Waals surface area contributed by atoms with Crippen LogP contribution in [0.1, 0.15) is 53.9 Å². The summed E-state index contributed by atoms with van der Waals surface area (Å²) in [6, 6.07) is 0. The van der Waals surface area contributed by atoms with Gasteiger partial charge in [-0.05, 0) is 32.6 Å². The molecule has 0 amide bonds. The Hall–Kier alpha value is -1.09. The second kappa shape index (κ2) is 6.13. The van der Waals surface area contributed by atoms with Gasteiger partial charge in [0.05, 0.1) is 5.60 Å². The highest BCUT2D eigenvalue weighted by molar-refractivity contribution is 5.66. The fraction of sp³-hybridized carbons (Fsp3) is 0.706. The number of ether oxygens (including phenoxy) is 1. The molecule has 0 radical (unpaired) electrons. The lowest BCUT2D eigenvalue weighted by Gasteiger charge is -2.44. The Morgan fingerprint density at radius 1 is 1.65 bits per heavy atom. The normalized spacial score (nSPS) is 28.2. The van der Waals surface area contributed by atoms with E-state index in [9.17, 15) is 9.90 Å². The minimum atomic E-state index is -0.843. The van der Waals surface area contributed by atoms with Crippen LogP contribution in [0, 0.1) is 11.3 Å². The summed E-state index contributed by atoms with van der Waals surface area (Å²) in [6.45, 7) is 13.3. The first-order valence-corrected chi connectivity index (χ1v) is 7.30. The first kappa shape index (κ1) is 17.0. The molecule has 1 aliphatic rings. The van der Waals surface area contributed by atoms with E-state index in [1.165, 1.54) is 12.5 Å². The Morgan fingerprint density at radius 2 is 2.25 bits per heavy atom. The van der Waals surface area contributed by atoms with Crippen LogP contribution >= 0.6 is 0 Å². The molecule has 3 heteroatoms. The largest absolute Gasteiger partial charge is 0.462 e. The van der Waals surface area contributed by atoms with Gasteiger partial charge in [-0.2, -0.15) is 0 Å². The number of esters is 1. The Morgan fingerprint density at radius 3 is 2.75 bits per heavy atom. The minimum absolute atomic E-state index is 0.0950. The molecule has 0 spiro atoms. The van der Waals surface area contributed by atoms with E-state index in [4.69, 9.17) is 4.74 Å². The molecule has 20 heavy (non-hydrogen) atoms. The van der Waals surface area contributed by atoms with E-state index in [0.29, 0.717) is 12.3 Å². The molecule has 0 aliphatic heterocycles. The van der Waals surface area contributed by atoms with Crippen LogP contribution in [0.2, 0.25) is 0 Å². The molecule has 0 fully saturated rings. The van der Waals surface area contributed by atoms with Crippen molar-refractivity contribution >= 4 is 5.97 Å². The molecule has 0 aromatic carbocycles. The third kappa shape index (κ3) is 3.95. The number of hydrogen-bond donors (Lipinski definition) is 1. The Balaban J connectivity index is 2.86. The first-order valence-electron chi connectivity index (χ1n) is 7.30. The summed E-state index contributed by atoms with van der Waals surface area (Å²) < 4.78 is 5.48. The SMILES string of the molecule is C=CC(C)(O)CC[C@@H]1C(C)=CC[C@H](OC(C)=O)C1(C)C. The van der Waals surface area contributed by atoms with Crippen LogP contribution in [-0.2, 0) is 9.53 Å². The summed E-state index contributed by atoms with van der Waals surface area (Å²) in [5.41, 5.74) is 0.352. The van der Waals surface area contributed by atoms with Crippen molar-refractivity contribution in [3.05, 3.63) is 24.3 Å². The lowest BCUT2D eigenvalue weighted by atomic mass is 9.64. The molecule has 1 aliphatic carbocycles. The van der Waals surface area contributed by atoms with Crippen molar-refractivity contribution in [1.29, 1.82) is 0 Å². The van der Waals surface area contributed by atoms with Gasteiger partial charge < -0.3 is 9.84 Å². The summed E-state index contributed by atoms with van der Waals surface area (Å²) in [4.78, 5) is 11.3. The minimum Gasteiger partial charge on any atom is -0.462 e. The number of carbonyl (C=O) groups is 1. The van der Waals surface area contributed by atoms with Crippen LogP contribution in [0.25, 0.3) is 0 Å². The van der Waals surface area contributed by atoms with E-state index in [0.717, 1.165) is 12.8 Å². The van der Waals surface area contributed by atoms with Gasteiger partial charge >= 0.3 is 5.97 Å². The zero-order valence-electron chi connectivity index (χ0n) is 13.4. The molecular formula is C17H28O3. The molecule has 1 rings (SSSR count). The zero-order chi connectivity index (χ0) is 15.6. The van der Waals surface area contributed by atoms with Gasteiger partial charge in [0.2, 0.25) is 0 Å². The van der Waals surface area contributed by atoms with E-state index in [2.05, 4.69) is 33.4 Å². The van der Waals surface area contributed by atoms with Gasteiger partial charge in [-0.15, -0.1) is 6.58 Å². The third-order valence-electron chi connectivity index (χ3n) is 4.62. The summed E-state index contributed by atoms with van der Waals surface area (Å²) in [6.07, 6.45) is 5.93. The quantitative estimate of drug-likeness (QED) is 0.618. The van der Waals surface area contributed by atoms with Gasteiger partial charge in [0.25, 0.3) is 0 Å². The predicted molar refractivity (Wildman–Crippen MR) is 81.3 cm³/mol. The van der Waals surface area contributed by atoms with E-state index < -0.39 is 5.60 Å². The van der Waals surface area contributed by atoms with Gasteiger partial charge in [0.1, 0.15) is 6.10 Å². The number of carbonyl (C=O) groups excluding carboxylic acids is 1. The standard InChI is InChI=1S/C17H28O3/c1-7-17(6,19)11-10-14-12(2)8-9-15(16(14,4)5)20-13(3)18/h7-8,14-15,19H,1,9-11H2,2-6H3/t14-,15+,17?/m1/s1. The maximum absolute atomic E-state index is 11.3. The maximum atomic E-state index is 11.3. The number of aliphatic hydroxyl groups is 1. The Bertz CT molecular complexity index is 404. The summed E-state index contributed by atoms with van der Waals surface area (Å²) in [5, 5.41) is 10.1. The molecule has 0 bridgehead atoms. The highest BCUT2D eigenvalue weighted by Crippen LogP contribution is 2.45.